The second-order valence-corrected chi connectivity index (χ2v) is 3.23. The Kier molecular flexibility index (Phi) is 5.81. The maximum atomic E-state index is 4.23. The predicted molar refractivity (Wildman–Crippen MR) is 68.6 cm³/mol. The van der Waals surface area contributed by atoms with Crippen molar-refractivity contribution in [3.8, 4) is 0 Å². The third-order valence-electron chi connectivity index (χ3n) is 2.05. The predicted octanol–water partition coefficient (Wildman–Crippen LogP) is 1.98. The first-order chi connectivity index (χ1) is 7.86. The number of nitrogens with one attached hydrogen (secondary N) is 1. The lowest BCUT2D eigenvalue weighted by Crippen LogP contribution is -2.21. The summed E-state index contributed by atoms with van der Waals surface area (Å²) in [5.41, 5.74) is 2.03. The van der Waals surface area contributed by atoms with Crippen molar-refractivity contribution in [3.63, 3.8) is 0 Å². The van der Waals surface area contributed by atoms with Crippen LogP contribution in [0.5, 0.6) is 0 Å². The molecule has 0 fully saturated rings. The zero-order chi connectivity index (χ0) is 11.6. The Bertz CT molecular complexity index is 366. The minimum Gasteiger partial charge on any atom is -0.306 e. The zero-order valence-electron chi connectivity index (χ0n) is 9.56. The van der Waals surface area contributed by atoms with E-state index in [0.717, 1.165) is 24.5 Å². The van der Waals surface area contributed by atoms with E-state index in [9.17, 15) is 0 Å². The highest BCUT2D eigenvalue weighted by molar-refractivity contribution is 5.96. The van der Waals surface area contributed by atoms with Crippen molar-refractivity contribution in [2.45, 2.75) is 6.54 Å². The summed E-state index contributed by atoms with van der Waals surface area (Å²) in [5, 5.41) is 3.28. The number of nitrogens with zero attached hydrogens (tertiary/aromatic N) is 2. The summed E-state index contributed by atoms with van der Waals surface area (Å²) in [6.07, 6.45) is 7.36. The molecule has 0 saturated heterocycles. The lowest BCUT2D eigenvalue weighted by atomic mass is 10.3. The average molecular weight is 215 g/mol. The largest absolute Gasteiger partial charge is 0.306 e. The summed E-state index contributed by atoms with van der Waals surface area (Å²) < 4.78 is 0. The first kappa shape index (κ1) is 12.3. The standard InChI is InChI=1S/C13H17N3/c1-3-4-7-12(14-2)10-15-11-13-8-5-6-9-16-13/h3-9,15H,1,10-11H2,2H3/b7-4-,14-12?. The van der Waals surface area contributed by atoms with Gasteiger partial charge in [0.15, 0.2) is 0 Å². The van der Waals surface area contributed by atoms with Crippen molar-refractivity contribution >= 4 is 5.71 Å². The molecule has 1 heterocycles. The summed E-state index contributed by atoms with van der Waals surface area (Å²) in [5.74, 6) is 0. The molecule has 0 radical (unpaired) electrons. The maximum Gasteiger partial charge on any atom is 0.0541 e. The van der Waals surface area contributed by atoms with E-state index in [-0.39, 0.29) is 0 Å². The number of allylic oxidation sites excluding steroid dienone is 2. The van der Waals surface area contributed by atoms with E-state index in [1.54, 1.807) is 19.3 Å². The fourth-order valence-electron chi connectivity index (χ4n) is 1.21. The van der Waals surface area contributed by atoms with Gasteiger partial charge in [0, 0.05) is 32.0 Å². The van der Waals surface area contributed by atoms with E-state index in [1.807, 2.05) is 30.4 Å². The fraction of sp³-hybridized carbons (Fsp3) is 0.231. The molecule has 0 unspecified atom stereocenters. The zero-order valence-corrected chi connectivity index (χ0v) is 9.56. The van der Waals surface area contributed by atoms with Crippen LogP contribution in [0.15, 0.2) is 54.2 Å². The van der Waals surface area contributed by atoms with Gasteiger partial charge >= 0.3 is 0 Å². The van der Waals surface area contributed by atoms with Crippen molar-refractivity contribution in [2.75, 3.05) is 13.6 Å². The lowest BCUT2D eigenvalue weighted by molar-refractivity contribution is 0.755. The van der Waals surface area contributed by atoms with Gasteiger partial charge in [0.05, 0.1) is 5.69 Å². The molecule has 0 aliphatic rings. The maximum absolute atomic E-state index is 4.23. The normalized spacial score (nSPS) is 11.9. The van der Waals surface area contributed by atoms with Crippen LogP contribution in [0.3, 0.4) is 0 Å². The van der Waals surface area contributed by atoms with E-state index in [1.165, 1.54) is 0 Å². The second kappa shape index (κ2) is 7.54. The molecule has 0 saturated carbocycles. The molecule has 3 heteroatoms. The number of rotatable bonds is 6. The SMILES string of the molecule is C=C/C=C\C(CNCc1ccccn1)=NC. The fourth-order valence-corrected chi connectivity index (χ4v) is 1.21. The van der Waals surface area contributed by atoms with Crippen molar-refractivity contribution in [2.24, 2.45) is 4.99 Å². The molecule has 1 rings (SSSR count). The van der Waals surface area contributed by atoms with Gasteiger partial charge in [-0.05, 0) is 18.2 Å². The van der Waals surface area contributed by atoms with Gasteiger partial charge in [0.25, 0.3) is 0 Å². The van der Waals surface area contributed by atoms with Crippen molar-refractivity contribution in [3.05, 3.63) is 54.9 Å². The van der Waals surface area contributed by atoms with Crippen molar-refractivity contribution < 1.29 is 0 Å². The highest BCUT2D eigenvalue weighted by Gasteiger charge is 1.94. The molecule has 16 heavy (non-hydrogen) atoms. The Hall–Kier alpha value is -1.74. The molecule has 0 aliphatic carbocycles. The molecule has 0 bridgehead atoms. The van der Waals surface area contributed by atoms with Crippen LogP contribution in [0, 0.1) is 0 Å². The van der Waals surface area contributed by atoms with Crippen LogP contribution in [0.25, 0.3) is 0 Å². The van der Waals surface area contributed by atoms with Crippen LogP contribution >= 0.6 is 0 Å². The third-order valence-corrected chi connectivity index (χ3v) is 2.05. The molecule has 84 valence electrons. The Balaban J connectivity index is 2.35. The highest BCUT2D eigenvalue weighted by atomic mass is 14.9. The molecule has 0 aliphatic heterocycles. The van der Waals surface area contributed by atoms with Crippen LogP contribution in [0.4, 0.5) is 0 Å². The Morgan fingerprint density at radius 3 is 3.06 bits per heavy atom. The summed E-state index contributed by atoms with van der Waals surface area (Å²) >= 11 is 0. The smallest absolute Gasteiger partial charge is 0.0541 e. The van der Waals surface area contributed by atoms with E-state index < -0.39 is 0 Å². The molecule has 0 spiro atoms. The van der Waals surface area contributed by atoms with Crippen molar-refractivity contribution in [1.29, 1.82) is 0 Å². The van der Waals surface area contributed by atoms with Gasteiger partial charge in [-0.25, -0.2) is 0 Å². The monoisotopic (exact) mass is 215 g/mol. The molecule has 0 aromatic carbocycles. The van der Waals surface area contributed by atoms with Crippen LogP contribution in [-0.4, -0.2) is 24.3 Å². The number of pyridine rings is 1. The topological polar surface area (TPSA) is 37.3 Å². The van der Waals surface area contributed by atoms with E-state index in [4.69, 9.17) is 0 Å². The molecule has 1 aromatic rings. The molecule has 3 nitrogen and oxygen atoms in total. The number of aliphatic imine (C=N–C) groups is 1. The van der Waals surface area contributed by atoms with E-state index >= 15 is 0 Å². The summed E-state index contributed by atoms with van der Waals surface area (Å²) in [6, 6.07) is 5.89. The van der Waals surface area contributed by atoms with Gasteiger partial charge in [-0.3, -0.25) is 9.98 Å². The second-order valence-electron chi connectivity index (χ2n) is 3.23. The van der Waals surface area contributed by atoms with Crippen molar-refractivity contribution in [1.82, 2.24) is 10.3 Å². The van der Waals surface area contributed by atoms with Gasteiger partial charge in [-0.2, -0.15) is 0 Å². The number of hydrogen-bond donors (Lipinski definition) is 1. The number of aromatic nitrogens is 1. The summed E-state index contributed by atoms with van der Waals surface area (Å²) in [6.45, 7) is 5.11. The van der Waals surface area contributed by atoms with Gasteiger partial charge in [-0.1, -0.05) is 24.8 Å². The Labute approximate surface area is 96.6 Å². The van der Waals surface area contributed by atoms with Gasteiger partial charge in [0.2, 0.25) is 0 Å². The quantitative estimate of drug-likeness (QED) is 0.582. The van der Waals surface area contributed by atoms with Crippen LogP contribution in [-0.2, 0) is 6.54 Å². The van der Waals surface area contributed by atoms with E-state index in [0.29, 0.717) is 0 Å². The van der Waals surface area contributed by atoms with Gasteiger partial charge < -0.3 is 5.32 Å². The highest BCUT2D eigenvalue weighted by Crippen LogP contribution is 1.92. The molecular weight excluding hydrogens is 198 g/mol. The van der Waals surface area contributed by atoms with Crippen LogP contribution < -0.4 is 5.32 Å². The molecule has 1 N–H and O–H groups in total. The van der Waals surface area contributed by atoms with Crippen LogP contribution in [0.1, 0.15) is 5.69 Å². The molecule has 0 atom stereocenters. The van der Waals surface area contributed by atoms with Gasteiger partial charge in [-0.15, -0.1) is 0 Å². The lowest BCUT2D eigenvalue weighted by Gasteiger charge is -2.03. The first-order valence-electron chi connectivity index (χ1n) is 5.22. The first-order valence-corrected chi connectivity index (χ1v) is 5.22. The van der Waals surface area contributed by atoms with Gasteiger partial charge in [0.1, 0.15) is 0 Å². The molecule has 0 amide bonds. The molecular formula is C13H17N3. The average Bonchev–Trinajstić information content (AvgIpc) is 2.35. The Morgan fingerprint density at radius 2 is 2.44 bits per heavy atom. The Morgan fingerprint density at radius 1 is 1.56 bits per heavy atom. The summed E-state index contributed by atoms with van der Waals surface area (Å²) in [4.78, 5) is 8.38. The van der Waals surface area contributed by atoms with E-state index in [2.05, 4.69) is 21.9 Å². The molecule has 1 aromatic heterocycles. The minimum atomic E-state index is 0.734. The minimum absolute atomic E-state index is 0.734. The summed E-state index contributed by atoms with van der Waals surface area (Å²) in [7, 11) is 1.78. The van der Waals surface area contributed by atoms with Crippen LogP contribution in [0.2, 0.25) is 0 Å². The number of hydrogen-bond acceptors (Lipinski definition) is 3. The third kappa shape index (κ3) is 4.66.